The summed E-state index contributed by atoms with van der Waals surface area (Å²) in [6.45, 7) is 6.28. The van der Waals surface area contributed by atoms with Crippen LogP contribution in [0.3, 0.4) is 0 Å². The minimum atomic E-state index is 0.419. The Hall–Kier alpha value is -0.900. The molecule has 1 aromatic rings. The molecule has 4 nitrogen and oxygen atoms in total. The van der Waals surface area contributed by atoms with Crippen molar-refractivity contribution in [2.75, 3.05) is 13.1 Å². The minimum Gasteiger partial charge on any atom is -0.315 e. The van der Waals surface area contributed by atoms with Crippen LogP contribution in [0.5, 0.6) is 0 Å². The largest absolute Gasteiger partial charge is 0.315 e. The molecule has 4 heteroatoms. The molecule has 0 spiro atoms. The summed E-state index contributed by atoms with van der Waals surface area (Å²) in [4.78, 5) is 4.43. The van der Waals surface area contributed by atoms with Gasteiger partial charge in [0.05, 0.1) is 0 Å². The van der Waals surface area contributed by atoms with E-state index in [4.69, 9.17) is 0 Å². The Morgan fingerprint density at radius 1 is 1.42 bits per heavy atom. The van der Waals surface area contributed by atoms with Gasteiger partial charge in [0.2, 0.25) is 0 Å². The average molecular weight is 166 g/mol. The summed E-state index contributed by atoms with van der Waals surface area (Å²) in [5.74, 6) is 2.95. The highest BCUT2D eigenvalue weighted by atomic mass is 15.2. The zero-order valence-corrected chi connectivity index (χ0v) is 7.46. The molecule has 0 radical (unpaired) electrons. The summed E-state index contributed by atoms with van der Waals surface area (Å²) in [5, 5.41) is 10.4. The minimum absolute atomic E-state index is 0.419. The Bertz CT molecular complexity index is 262. The van der Waals surface area contributed by atoms with E-state index >= 15 is 0 Å². The fraction of sp³-hybridized carbons (Fsp3) is 0.750. The van der Waals surface area contributed by atoms with Crippen LogP contribution >= 0.6 is 0 Å². The zero-order chi connectivity index (χ0) is 8.55. The maximum atomic E-state index is 4.43. The lowest BCUT2D eigenvalue weighted by Crippen LogP contribution is -2.40. The fourth-order valence-electron chi connectivity index (χ4n) is 1.21. The van der Waals surface area contributed by atoms with Crippen LogP contribution < -0.4 is 5.32 Å². The van der Waals surface area contributed by atoms with Gasteiger partial charge in [-0.3, -0.25) is 5.10 Å². The predicted molar refractivity (Wildman–Crippen MR) is 46.1 cm³/mol. The van der Waals surface area contributed by atoms with Crippen LogP contribution in [0.15, 0.2) is 0 Å². The molecular formula is C8H14N4. The van der Waals surface area contributed by atoms with Crippen LogP contribution in [0.25, 0.3) is 0 Å². The van der Waals surface area contributed by atoms with Crippen LogP contribution in [-0.4, -0.2) is 28.3 Å². The Balaban J connectivity index is 2.12. The van der Waals surface area contributed by atoms with Gasteiger partial charge in [-0.05, 0) is 0 Å². The van der Waals surface area contributed by atoms with Crippen molar-refractivity contribution in [3.63, 3.8) is 0 Å². The topological polar surface area (TPSA) is 53.6 Å². The molecule has 0 saturated carbocycles. The third-order valence-electron chi connectivity index (χ3n) is 2.20. The maximum Gasteiger partial charge on any atom is 0.153 e. The fourth-order valence-corrected chi connectivity index (χ4v) is 1.21. The van der Waals surface area contributed by atoms with Crippen molar-refractivity contribution in [1.82, 2.24) is 20.5 Å². The quantitative estimate of drug-likeness (QED) is 0.677. The van der Waals surface area contributed by atoms with E-state index in [0.29, 0.717) is 11.8 Å². The van der Waals surface area contributed by atoms with Gasteiger partial charge in [0.15, 0.2) is 5.82 Å². The Morgan fingerprint density at radius 3 is 2.58 bits per heavy atom. The second kappa shape index (κ2) is 2.86. The van der Waals surface area contributed by atoms with Gasteiger partial charge in [0, 0.05) is 24.9 Å². The Morgan fingerprint density at radius 2 is 2.17 bits per heavy atom. The maximum absolute atomic E-state index is 4.43. The normalized spacial score (nSPS) is 18.2. The molecule has 1 aromatic heterocycles. The van der Waals surface area contributed by atoms with Crippen LogP contribution in [0.1, 0.15) is 37.3 Å². The van der Waals surface area contributed by atoms with E-state index < -0.39 is 0 Å². The Kier molecular flexibility index (Phi) is 1.84. The predicted octanol–water partition coefficient (Wildman–Crippen LogP) is 0.615. The van der Waals surface area contributed by atoms with Crippen LogP contribution in [-0.2, 0) is 0 Å². The lowest BCUT2D eigenvalue weighted by Gasteiger charge is -2.24. The lowest BCUT2D eigenvalue weighted by molar-refractivity contribution is 0.431. The highest BCUT2D eigenvalue weighted by Crippen LogP contribution is 2.17. The van der Waals surface area contributed by atoms with E-state index in [0.717, 1.165) is 24.7 Å². The molecule has 1 aliphatic rings. The highest BCUT2D eigenvalue weighted by molar-refractivity contribution is 5.05. The third-order valence-corrected chi connectivity index (χ3v) is 2.20. The molecule has 2 rings (SSSR count). The SMILES string of the molecule is CC(C)c1n[nH]c(C2CNC2)n1. The van der Waals surface area contributed by atoms with Crippen molar-refractivity contribution < 1.29 is 0 Å². The Labute approximate surface area is 71.8 Å². The standard InChI is InChI=1S/C8H14N4/c1-5(2)7-10-8(12-11-7)6-3-9-4-6/h5-6,9H,3-4H2,1-2H3,(H,10,11,12). The van der Waals surface area contributed by atoms with E-state index in [-0.39, 0.29) is 0 Å². The van der Waals surface area contributed by atoms with Crippen molar-refractivity contribution in [2.45, 2.75) is 25.7 Å². The van der Waals surface area contributed by atoms with Crippen LogP contribution in [0.4, 0.5) is 0 Å². The second-order valence-corrected chi connectivity index (χ2v) is 3.59. The zero-order valence-electron chi connectivity index (χ0n) is 7.46. The van der Waals surface area contributed by atoms with Gasteiger partial charge < -0.3 is 5.32 Å². The number of nitrogens with zero attached hydrogens (tertiary/aromatic N) is 2. The number of rotatable bonds is 2. The smallest absolute Gasteiger partial charge is 0.153 e. The van der Waals surface area contributed by atoms with Gasteiger partial charge in [-0.25, -0.2) is 4.98 Å². The molecule has 0 unspecified atom stereocenters. The second-order valence-electron chi connectivity index (χ2n) is 3.59. The molecule has 1 aliphatic heterocycles. The molecule has 0 atom stereocenters. The summed E-state index contributed by atoms with van der Waals surface area (Å²) in [5.41, 5.74) is 0. The van der Waals surface area contributed by atoms with Crippen molar-refractivity contribution in [1.29, 1.82) is 0 Å². The molecule has 12 heavy (non-hydrogen) atoms. The molecule has 0 aliphatic carbocycles. The van der Waals surface area contributed by atoms with Gasteiger partial charge in [-0.1, -0.05) is 13.8 Å². The third kappa shape index (κ3) is 1.22. The number of aromatic amines is 1. The number of H-pyrrole nitrogens is 1. The summed E-state index contributed by atoms with van der Waals surface area (Å²) in [6.07, 6.45) is 0. The highest BCUT2D eigenvalue weighted by Gasteiger charge is 2.22. The van der Waals surface area contributed by atoms with E-state index in [1.807, 2.05) is 0 Å². The van der Waals surface area contributed by atoms with Crippen molar-refractivity contribution in [3.05, 3.63) is 11.6 Å². The molecule has 1 fully saturated rings. The molecule has 0 aromatic carbocycles. The van der Waals surface area contributed by atoms with Crippen LogP contribution in [0.2, 0.25) is 0 Å². The van der Waals surface area contributed by atoms with E-state index in [2.05, 4.69) is 34.3 Å². The molecule has 1 saturated heterocycles. The summed E-state index contributed by atoms with van der Waals surface area (Å²) in [7, 11) is 0. The molecule has 2 N–H and O–H groups in total. The summed E-state index contributed by atoms with van der Waals surface area (Å²) in [6, 6.07) is 0. The van der Waals surface area contributed by atoms with E-state index in [9.17, 15) is 0 Å². The average Bonchev–Trinajstić information content (AvgIpc) is 2.32. The summed E-state index contributed by atoms with van der Waals surface area (Å²) < 4.78 is 0. The molecule has 2 heterocycles. The molecule has 0 amide bonds. The lowest BCUT2D eigenvalue weighted by atomic mass is 10.0. The van der Waals surface area contributed by atoms with Crippen LogP contribution in [0, 0.1) is 0 Å². The first-order valence-corrected chi connectivity index (χ1v) is 4.40. The van der Waals surface area contributed by atoms with E-state index in [1.54, 1.807) is 0 Å². The van der Waals surface area contributed by atoms with Gasteiger partial charge in [0.25, 0.3) is 0 Å². The number of hydrogen-bond acceptors (Lipinski definition) is 3. The van der Waals surface area contributed by atoms with Crippen molar-refractivity contribution >= 4 is 0 Å². The van der Waals surface area contributed by atoms with E-state index in [1.165, 1.54) is 0 Å². The van der Waals surface area contributed by atoms with Crippen molar-refractivity contribution in [3.8, 4) is 0 Å². The molecular weight excluding hydrogens is 152 g/mol. The summed E-state index contributed by atoms with van der Waals surface area (Å²) >= 11 is 0. The molecule has 0 bridgehead atoms. The first-order chi connectivity index (χ1) is 5.77. The van der Waals surface area contributed by atoms with Crippen molar-refractivity contribution in [2.24, 2.45) is 0 Å². The first kappa shape index (κ1) is 7.73. The van der Waals surface area contributed by atoms with Gasteiger partial charge in [-0.2, -0.15) is 5.10 Å². The first-order valence-electron chi connectivity index (χ1n) is 4.40. The van der Waals surface area contributed by atoms with Gasteiger partial charge in [0.1, 0.15) is 5.82 Å². The number of aromatic nitrogens is 3. The van der Waals surface area contributed by atoms with Gasteiger partial charge in [-0.15, -0.1) is 0 Å². The molecule has 66 valence electrons. The van der Waals surface area contributed by atoms with Gasteiger partial charge >= 0.3 is 0 Å². The monoisotopic (exact) mass is 166 g/mol. The number of nitrogens with one attached hydrogen (secondary N) is 2. The number of hydrogen-bond donors (Lipinski definition) is 2.